The SMILES string of the molecule is COc1cccc(OCCC(C#N)c2c(C)cc(C)cc2C)c1. The number of nitriles is 1. The van der Waals surface area contributed by atoms with Gasteiger partial charge in [-0.05, 0) is 49.6 Å². The monoisotopic (exact) mass is 309 g/mol. The van der Waals surface area contributed by atoms with Gasteiger partial charge in [0.15, 0.2) is 0 Å². The highest BCUT2D eigenvalue weighted by Crippen LogP contribution is 2.28. The Balaban J connectivity index is 2.05. The van der Waals surface area contributed by atoms with E-state index in [0.717, 1.165) is 17.1 Å². The lowest BCUT2D eigenvalue weighted by molar-refractivity contribution is 0.303. The van der Waals surface area contributed by atoms with Gasteiger partial charge in [-0.25, -0.2) is 0 Å². The Morgan fingerprint density at radius 3 is 2.30 bits per heavy atom. The summed E-state index contributed by atoms with van der Waals surface area (Å²) < 4.78 is 11.0. The smallest absolute Gasteiger partial charge is 0.122 e. The van der Waals surface area contributed by atoms with Crippen LogP contribution in [0.25, 0.3) is 0 Å². The minimum atomic E-state index is -0.152. The minimum absolute atomic E-state index is 0.152. The molecule has 3 nitrogen and oxygen atoms in total. The van der Waals surface area contributed by atoms with E-state index in [1.807, 2.05) is 24.3 Å². The summed E-state index contributed by atoms with van der Waals surface area (Å²) in [7, 11) is 1.63. The van der Waals surface area contributed by atoms with Crippen molar-refractivity contribution in [2.45, 2.75) is 33.1 Å². The normalized spacial score (nSPS) is 11.6. The van der Waals surface area contributed by atoms with E-state index in [1.54, 1.807) is 7.11 Å². The molecule has 120 valence electrons. The molecule has 0 aromatic heterocycles. The van der Waals surface area contributed by atoms with Crippen molar-refractivity contribution in [2.75, 3.05) is 13.7 Å². The maximum atomic E-state index is 9.55. The molecule has 2 aromatic rings. The van der Waals surface area contributed by atoms with Crippen molar-refractivity contribution >= 4 is 0 Å². The Labute approximate surface area is 138 Å². The van der Waals surface area contributed by atoms with E-state index in [4.69, 9.17) is 9.47 Å². The number of rotatable bonds is 6. The molecule has 0 heterocycles. The van der Waals surface area contributed by atoms with Crippen molar-refractivity contribution in [1.29, 1.82) is 5.26 Å². The molecule has 1 unspecified atom stereocenters. The van der Waals surface area contributed by atoms with Crippen LogP contribution in [0.1, 0.15) is 34.6 Å². The first-order valence-corrected chi connectivity index (χ1v) is 7.79. The van der Waals surface area contributed by atoms with Crippen molar-refractivity contribution in [1.82, 2.24) is 0 Å². The molecule has 0 spiro atoms. The van der Waals surface area contributed by atoms with Gasteiger partial charge in [0.1, 0.15) is 11.5 Å². The van der Waals surface area contributed by atoms with Crippen molar-refractivity contribution in [3.8, 4) is 17.6 Å². The third kappa shape index (κ3) is 4.26. The largest absolute Gasteiger partial charge is 0.497 e. The number of benzene rings is 2. The molecule has 0 amide bonds. The Bertz CT molecular complexity index is 693. The van der Waals surface area contributed by atoms with Gasteiger partial charge in [0.2, 0.25) is 0 Å². The zero-order valence-electron chi connectivity index (χ0n) is 14.2. The standard InChI is InChI=1S/C20H23NO2/c1-14-10-15(2)20(16(3)11-14)17(13-21)8-9-23-19-7-5-6-18(12-19)22-4/h5-7,10-12,17H,8-9H2,1-4H3. The number of hydrogen-bond acceptors (Lipinski definition) is 3. The average Bonchev–Trinajstić information content (AvgIpc) is 2.52. The molecule has 0 aliphatic rings. The Morgan fingerprint density at radius 1 is 1.04 bits per heavy atom. The molecule has 0 saturated heterocycles. The van der Waals surface area contributed by atoms with E-state index in [-0.39, 0.29) is 5.92 Å². The van der Waals surface area contributed by atoms with Crippen LogP contribution in [0.2, 0.25) is 0 Å². The maximum absolute atomic E-state index is 9.55. The van der Waals surface area contributed by atoms with Gasteiger partial charge >= 0.3 is 0 Å². The molecule has 0 saturated carbocycles. The Morgan fingerprint density at radius 2 is 1.70 bits per heavy atom. The predicted molar refractivity (Wildman–Crippen MR) is 92.1 cm³/mol. The third-order valence-electron chi connectivity index (χ3n) is 3.96. The molecular formula is C20H23NO2. The van der Waals surface area contributed by atoms with E-state index in [1.165, 1.54) is 16.7 Å². The predicted octanol–water partition coefficient (Wildman–Crippen LogP) is 4.70. The van der Waals surface area contributed by atoms with Gasteiger partial charge in [-0.1, -0.05) is 23.8 Å². The molecule has 3 heteroatoms. The number of methoxy groups -OCH3 is 1. The van der Waals surface area contributed by atoms with Gasteiger partial charge in [0.25, 0.3) is 0 Å². The second-order valence-electron chi connectivity index (χ2n) is 5.81. The quantitative estimate of drug-likeness (QED) is 0.777. The Hall–Kier alpha value is -2.47. The van der Waals surface area contributed by atoms with Crippen molar-refractivity contribution in [3.63, 3.8) is 0 Å². The molecule has 0 bridgehead atoms. The summed E-state index contributed by atoms with van der Waals surface area (Å²) in [5.74, 6) is 1.38. The molecular weight excluding hydrogens is 286 g/mol. The summed E-state index contributed by atoms with van der Waals surface area (Å²) in [5.41, 5.74) is 4.71. The van der Waals surface area contributed by atoms with Gasteiger partial charge in [-0.15, -0.1) is 0 Å². The van der Waals surface area contributed by atoms with Gasteiger partial charge < -0.3 is 9.47 Å². The molecule has 2 rings (SSSR count). The second-order valence-corrected chi connectivity index (χ2v) is 5.81. The van der Waals surface area contributed by atoms with Crippen LogP contribution < -0.4 is 9.47 Å². The van der Waals surface area contributed by atoms with Crippen LogP contribution >= 0.6 is 0 Å². The first-order chi connectivity index (χ1) is 11.0. The first-order valence-electron chi connectivity index (χ1n) is 7.79. The molecule has 0 aliphatic heterocycles. The summed E-state index contributed by atoms with van der Waals surface area (Å²) in [4.78, 5) is 0. The third-order valence-corrected chi connectivity index (χ3v) is 3.96. The van der Waals surface area contributed by atoms with Gasteiger partial charge in [-0.3, -0.25) is 0 Å². The molecule has 0 N–H and O–H groups in total. The van der Waals surface area contributed by atoms with Gasteiger partial charge in [0.05, 0.1) is 25.7 Å². The highest BCUT2D eigenvalue weighted by atomic mass is 16.5. The lowest BCUT2D eigenvalue weighted by Crippen LogP contribution is -2.08. The fourth-order valence-electron chi connectivity index (χ4n) is 3.00. The minimum Gasteiger partial charge on any atom is -0.497 e. The number of hydrogen-bond donors (Lipinski definition) is 0. The first kappa shape index (κ1) is 16.9. The maximum Gasteiger partial charge on any atom is 0.122 e. The summed E-state index contributed by atoms with van der Waals surface area (Å²) in [6.07, 6.45) is 0.665. The topological polar surface area (TPSA) is 42.2 Å². The highest BCUT2D eigenvalue weighted by Gasteiger charge is 2.16. The average molecular weight is 309 g/mol. The van der Waals surface area contributed by atoms with Gasteiger partial charge in [-0.2, -0.15) is 5.26 Å². The second kappa shape index (κ2) is 7.69. The van der Waals surface area contributed by atoms with Crippen molar-refractivity contribution in [2.24, 2.45) is 0 Å². The van der Waals surface area contributed by atoms with Crippen LogP contribution in [0, 0.1) is 32.1 Å². The fourth-order valence-corrected chi connectivity index (χ4v) is 3.00. The zero-order chi connectivity index (χ0) is 16.8. The number of nitrogens with zero attached hydrogens (tertiary/aromatic N) is 1. The summed E-state index contributed by atoms with van der Waals surface area (Å²) in [6, 6.07) is 14.2. The van der Waals surface area contributed by atoms with Gasteiger partial charge in [0, 0.05) is 12.5 Å². The molecule has 0 aliphatic carbocycles. The molecule has 1 atom stereocenters. The van der Waals surface area contributed by atoms with E-state index in [0.29, 0.717) is 13.0 Å². The van der Waals surface area contributed by atoms with E-state index in [2.05, 4.69) is 39.0 Å². The van der Waals surface area contributed by atoms with Crippen LogP contribution in [0.5, 0.6) is 11.5 Å². The van der Waals surface area contributed by atoms with Crippen LogP contribution in [0.3, 0.4) is 0 Å². The van der Waals surface area contributed by atoms with Crippen LogP contribution in [-0.2, 0) is 0 Å². The number of ether oxygens (including phenoxy) is 2. The van der Waals surface area contributed by atoms with Crippen molar-refractivity contribution in [3.05, 3.63) is 58.7 Å². The van der Waals surface area contributed by atoms with E-state index in [9.17, 15) is 5.26 Å². The van der Waals surface area contributed by atoms with Crippen LogP contribution in [-0.4, -0.2) is 13.7 Å². The highest BCUT2D eigenvalue weighted by molar-refractivity contribution is 5.42. The molecule has 23 heavy (non-hydrogen) atoms. The number of aryl methyl sites for hydroxylation is 3. The molecule has 0 radical (unpaired) electrons. The fraction of sp³-hybridized carbons (Fsp3) is 0.350. The summed E-state index contributed by atoms with van der Waals surface area (Å²) in [6.45, 7) is 6.72. The lowest BCUT2D eigenvalue weighted by Gasteiger charge is -2.17. The molecule has 2 aromatic carbocycles. The van der Waals surface area contributed by atoms with Crippen molar-refractivity contribution < 1.29 is 9.47 Å². The van der Waals surface area contributed by atoms with E-state index < -0.39 is 0 Å². The Kier molecular flexibility index (Phi) is 5.65. The summed E-state index contributed by atoms with van der Waals surface area (Å²) in [5, 5.41) is 9.55. The van der Waals surface area contributed by atoms with Crippen LogP contribution in [0.4, 0.5) is 0 Å². The van der Waals surface area contributed by atoms with Crippen LogP contribution in [0.15, 0.2) is 36.4 Å². The summed E-state index contributed by atoms with van der Waals surface area (Å²) >= 11 is 0. The lowest BCUT2D eigenvalue weighted by atomic mass is 9.88. The molecule has 0 fully saturated rings. The van der Waals surface area contributed by atoms with E-state index >= 15 is 0 Å². The zero-order valence-corrected chi connectivity index (χ0v) is 14.2.